The van der Waals surface area contributed by atoms with Crippen molar-refractivity contribution >= 4 is 12.2 Å². The van der Waals surface area contributed by atoms with Crippen molar-refractivity contribution in [1.29, 1.82) is 0 Å². The summed E-state index contributed by atoms with van der Waals surface area (Å²) in [6.07, 6.45) is -7.24. The van der Waals surface area contributed by atoms with Gasteiger partial charge in [0.2, 0.25) is 5.91 Å². The molecule has 2 heterocycles. The highest BCUT2D eigenvalue weighted by molar-refractivity contribution is 5.73. The van der Waals surface area contributed by atoms with Gasteiger partial charge in [-0.3, -0.25) is 4.79 Å². The van der Waals surface area contributed by atoms with Crippen molar-refractivity contribution in [2.75, 3.05) is 13.7 Å². The second-order valence-electron chi connectivity index (χ2n) is 7.04. The lowest BCUT2D eigenvalue weighted by atomic mass is 9.90. The quantitative estimate of drug-likeness (QED) is 0.376. The number of methoxy groups -OCH3 is 1. The van der Waals surface area contributed by atoms with Gasteiger partial charge in [-0.05, 0) is 6.92 Å². The maximum Gasteiger partial charge on any atom is 0.217 e. The minimum Gasteiger partial charge on any atom is -0.394 e. The third-order valence-electron chi connectivity index (χ3n) is 5.16. The first-order valence-corrected chi connectivity index (χ1v) is 8.93. The summed E-state index contributed by atoms with van der Waals surface area (Å²) in [5, 5.41) is 33.2. The zero-order valence-electron chi connectivity index (χ0n) is 15.8. The molecular formula is C17H29NO9. The molecule has 2 saturated heterocycles. The smallest absolute Gasteiger partial charge is 0.217 e. The number of nitrogens with one attached hydrogen (secondary N) is 1. The molecule has 4 N–H and O–H groups in total. The summed E-state index contributed by atoms with van der Waals surface area (Å²) in [4.78, 5) is 22.9. The maximum atomic E-state index is 11.6. The summed E-state index contributed by atoms with van der Waals surface area (Å²) < 4.78 is 22.1. The zero-order chi connectivity index (χ0) is 20.3. The largest absolute Gasteiger partial charge is 0.394 e. The lowest BCUT2D eigenvalue weighted by Crippen LogP contribution is -2.66. The van der Waals surface area contributed by atoms with E-state index in [1.807, 2.05) is 0 Å². The van der Waals surface area contributed by atoms with E-state index in [0.29, 0.717) is 6.29 Å². The Morgan fingerprint density at radius 2 is 1.85 bits per heavy atom. The molecule has 10 heteroatoms. The third-order valence-corrected chi connectivity index (χ3v) is 5.16. The number of aldehydes is 1. The molecule has 10 atom stereocenters. The van der Waals surface area contributed by atoms with Crippen LogP contribution in [0, 0.1) is 5.92 Å². The fourth-order valence-electron chi connectivity index (χ4n) is 3.66. The molecule has 1 amide bonds. The van der Waals surface area contributed by atoms with Crippen LogP contribution in [-0.4, -0.2) is 96.3 Å². The Bertz CT molecular complexity index is 519. The van der Waals surface area contributed by atoms with Gasteiger partial charge < -0.3 is 44.4 Å². The zero-order valence-corrected chi connectivity index (χ0v) is 15.8. The first kappa shape index (κ1) is 22.2. The molecule has 0 bridgehead atoms. The topological polar surface area (TPSA) is 144 Å². The van der Waals surface area contributed by atoms with Crippen LogP contribution in [0.2, 0.25) is 0 Å². The van der Waals surface area contributed by atoms with Crippen molar-refractivity contribution in [3.8, 4) is 0 Å². The fraction of sp³-hybridized carbons (Fsp3) is 0.882. The van der Waals surface area contributed by atoms with E-state index < -0.39 is 67.6 Å². The summed E-state index contributed by atoms with van der Waals surface area (Å²) in [7, 11) is 1.41. The molecule has 2 rings (SSSR count). The Morgan fingerprint density at radius 1 is 1.19 bits per heavy atom. The van der Waals surface area contributed by atoms with Gasteiger partial charge in [0, 0.05) is 20.0 Å². The van der Waals surface area contributed by atoms with Crippen LogP contribution in [0.4, 0.5) is 0 Å². The predicted molar refractivity (Wildman–Crippen MR) is 90.6 cm³/mol. The SMILES string of the molecule is COC1C(C=O)OC(OC2C(O)C(CO)OC(C)C2NC(C)=O)C(O)C1C. The number of aliphatic hydroxyl groups excluding tert-OH is 3. The standard InChI is InChI=1S/C17H29NO9/c1-7-13(22)17(26-11(6-20)15(7)24-4)27-16-12(18-9(3)21)8(2)25-10(5-19)14(16)23/h6-8,10-17,19,22-23H,5H2,1-4H3,(H,18,21). The molecule has 10 unspecified atom stereocenters. The summed E-state index contributed by atoms with van der Waals surface area (Å²) in [5.74, 6) is -0.839. The molecule has 0 aromatic rings. The minimum atomic E-state index is -1.29. The molecular weight excluding hydrogens is 362 g/mol. The number of hydrogen-bond donors (Lipinski definition) is 4. The molecule has 156 valence electrons. The van der Waals surface area contributed by atoms with Crippen LogP contribution in [0.15, 0.2) is 0 Å². The lowest BCUT2D eigenvalue weighted by molar-refractivity contribution is -0.315. The molecule has 0 spiro atoms. The van der Waals surface area contributed by atoms with Crippen molar-refractivity contribution in [2.45, 2.75) is 75.8 Å². The molecule has 0 aromatic heterocycles. The molecule has 2 aliphatic rings. The van der Waals surface area contributed by atoms with Crippen molar-refractivity contribution in [3.05, 3.63) is 0 Å². The van der Waals surface area contributed by atoms with Crippen LogP contribution in [0.1, 0.15) is 20.8 Å². The fourth-order valence-corrected chi connectivity index (χ4v) is 3.66. The van der Waals surface area contributed by atoms with Crippen LogP contribution in [0.5, 0.6) is 0 Å². The van der Waals surface area contributed by atoms with Gasteiger partial charge in [-0.2, -0.15) is 0 Å². The van der Waals surface area contributed by atoms with Gasteiger partial charge in [0.1, 0.15) is 30.5 Å². The van der Waals surface area contributed by atoms with E-state index in [-0.39, 0.29) is 5.91 Å². The summed E-state index contributed by atoms with van der Waals surface area (Å²) in [6.45, 7) is 4.22. The van der Waals surface area contributed by atoms with E-state index in [1.54, 1.807) is 13.8 Å². The van der Waals surface area contributed by atoms with E-state index in [0.717, 1.165) is 0 Å². The van der Waals surface area contributed by atoms with Gasteiger partial charge in [-0.15, -0.1) is 0 Å². The Hall–Kier alpha value is -1.14. The van der Waals surface area contributed by atoms with Gasteiger partial charge in [-0.25, -0.2) is 0 Å². The Balaban J connectivity index is 2.23. The molecule has 0 saturated carbocycles. The van der Waals surface area contributed by atoms with E-state index in [9.17, 15) is 24.9 Å². The average molecular weight is 391 g/mol. The van der Waals surface area contributed by atoms with Crippen LogP contribution in [-0.2, 0) is 28.5 Å². The van der Waals surface area contributed by atoms with Gasteiger partial charge in [0.15, 0.2) is 12.6 Å². The predicted octanol–water partition coefficient (Wildman–Crippen LogP) is -2.05. The first-order valence-electron chi connectivity index (χ1n) is 8.93. The van der Waals surface area contributed by atoms with Crippen molar-refractivity contribution in [3.63, 3.8) is 0 Å². The second kappa shape index (κ2) is 9.37. The summed E-state index contributed by atoms with van der Waals surface area (Å²) >= 11 is 0. The average Bonchev–Trinajstić information content (AvgIpc) is 2.63. The Morgan fingerprint density at radius 3 is 2.37 bits per heavy atom. The maximum absolute atomic E-state index is 11.6. The molecule has 2 fully saturated rings. The normalized spacial score (nSPS) is 45.3. The van der Waals surface area contributed by atoms with Crippen LogP contribution < -0.4 is 5.32 Å². The highest BCUT2D eigenvalue weighted by Gasteiger charge is 2.50. The van der Waals surface area contributed by atoms with E-state index in [4.69, 9.17) is 18.9 Å². The highest BCUT2D eigenvalue weighted by Crippen LogP contribution is 2.31. The number of amides is 1. The number of carbonyl (C=O) groups excluding carboxylic acids is 2. The number of hydrogen-bond acceptors (Lipinski definition) is 9. The number of ether oxygens (including phenoxy) is 4. The van der Waals surface area contributed by atoms with Crippen LogP contribution in [0.3, 0.4) is 0 Å². The van der Waals surface area contributed by atoms with E-state index in [2.05, 4.69) is 5.32 Å². The van der Waals surface area contributed by atoms with Gasteiger partial charge in [0.25, 0.3) is 0 Å². The van der Waals surface area contributed by atoms with Gasteiger partial charge >= 0.3 is 0 Å². The first-order chi connectivity index (χ1) is 12.7. The Labute approximate surface area is 157 Å². The molecule has 10 nitrogen and oxygen atoms in total. The van der Waals surface area contributed by atoms with E-state index in [1.165, 1.54) is 14.0 Å². The van der Waals surface area contributed by atoms with Crippen molar-refractivity contribution < 1.29 is 43.9 Å². The summed E-state index contributed by atoms with van der Waals surface area (Å²) in [6, 6.07) is -0.749. The number of aliphatic hydroxyl groups is 3. The molecule has 27 heavy (non-hydrogen) atoms. The number of carbonyl (C=O) groups is 2. The minimum absolute atomic E-state index is 0.359. The molecule has 0 aromatic carbocycles. The highest BCUT2D eigenvalue weighted by atomic mass is 16.7. The lowest BCUT2D eigenvalue weighted by Gasteiger charge is -2.47. The second-order valence-corrected chi connectivity index (χ2v) is 7.04. The van der Waals surface area contributed by atoms with Crippen molar-refractivity contribution in [2.24, 2.45) is 5.92 Å². The third kappa shape index (κ3) is 4.65. The van der Waals surface area contributed by atoms with Gasteiger partial charge in [0.05, 0.1) is 24.9 Å². The molecule has 2 aliphatic heterocycles. The monoisotopic (exact) mass is 391 g/mol. The van der Waals surface area contributed by atoms with Crippen LogP contribution >= 0.6 is 0 Å². The Kier molecular flexibility index (Phi) is 7.69. The molecule has 0 radical (unpaired) electrons. The van der Waals surface area contributed by atoms with Crippen LogP contribution in [0.25, 0.3) is 0 Å². The molecule has 0 aliphatic carbocycles. The summed E-state index contributed by atoms with van der Waals surface area (Å²) in [5.41, 5.74) is 0. The number of rotatable bonds is 6. The van der Waals surface area contributed by atoms with Gasteiger partial charge in [-0.1, -0.05) is 6.92 Å². The van der Waals surface area contributed by atoms with E-state index >= 15 is 0 Å². The van der Waals surface area contributed by atoms with Crippen molar-refractivity contribution in [1.82, 2.24) is 5.32 Å².